The third kappa shape index (κ3) is 3.47. The number of nitrogens with zero attached hydrogens (tertiary/aromatic N) is 1. The molecule has 0 aromatic carbocycles. The zero-order chi connectivity index (χ0) is 11.5. The standard InChI is InChI=1S/C10H12ClFN2O/c1-10(2,6-11)14-9(15)8-4-3-7(12)5-13-8/h3-5H,6H2,1-2H3,(H,14,15). The van der Waals surface area contributed by atoms with Crippen LogP contribution in [-0.2, 0) is 0 Å². The molecule has 0 bridgehead atoms. The highest BCUT2D eigenvalue weighted by atomic mass is 35.5. The fraction of sp³-hybridized carbons (Fsp3) is 0.400. The van der Waals surface area contributed by atoms with Gasteiger partial charge < -0.3 is 5.32 Å². The number of rotatable bonds is 3. The summed E-state index contributed by atoms with van der Waals surface area (Å²) in [5, 5.41) is 2.69. The van der Waals surface area contributed by atoms with E-state index in [9.17, 15) is 9.18 Å². The molecule has 0 saturated carbocycles. The van der Waals surface area contributed by atoms with Crippen molar-refractivity contribution in [1.29, 1.82) is 0 Å². The van der Waals surface area contributed by atoms with E-state index in [1.807, 2.05) is 0 Å². The van der Waals surface area contributed by atoms with Crippen LogP contribution < -0.4 is 5.32 Å². The van der Waals surface area contributed by atoms with Crippen molar-refractivity contribution in [1.82, 2.24) is 10.3 Å². The number of halogens is 2. The number of hydrogen-bond donors (Lipinski definition) is 1. The number of aromatic nitrogens is 1. The van der Waals surface area contributed by atoms with Gasteiger partial charge in [0.25, 0.3) is 5.91 Å². The fourth-order valence-electron chi connectivity index (χ4n) is 0.915. The summed E-state index contributed by atoms with van der Waals surface area (Å²) in [7, 11) is 0. The van der Waals surface area contributed by atoms with E-state index in [1.54, 1.807) is 13.8 Å². The number of hydrogen-bond acceptors (Lipinski definition) is 2. The number of amides is 1. The highest BCUT2D eigenvalue weighted by Crippen LogP contribution is 2.06. The van der Waals surface area contributed by atoms with E-state index in [2.05, 4.69) is 10.3 Å². The number of pyridine rings is 1. The number of alkyl halides is 1. The summed E-state index contributed by atoms with van der Waals surface area (Å²) < 4.78 is 12.5. The number of carbonyl (C=O) groups is 1. The van der Waals surface area contributed by atoms with Gasteiger partial charge in [-0.15, -0.1) is 11.6 Å². The maximum Gasteiger partial charge on any atom is 0.270 e. The van der Waals surface area contributed by atoms with Crippen molar-refractivity contribution in [2.75, 3.05) is 5.88 Å². The van der Waals surface area contributed by atoms with E-state index in [4.69, 9.17) is 11.6 Å². The molecule has 1 amide bonds. The molecule has 1 rings (SSSR count). The van der Waals surface area contributed by atoms with E-state index in [0.717, 1.165) is 6.20 Å². The Morgan fingerprint density at radius 3 is 2.73 bits per heavy atom. The van der Waals surface area contributed by atoms with E-state index in [0.29, 0.717) is 5.88 Å². The van der Waals surface area contributed by atoms with Crippen molar-refractivity contribution in [3.8, 4) is 0 Å². The van der Waals surface area contributed by atoms with Crippen LogP contribution in [0.2, 0.25) is 0 Å². The van der Waals surface area contributed by atoms with Gasteiger partial charge in [0, 0.05) is 11.4 Å². The first-order valence-corrected chi connectivity index (χ1v) is 4.98. The lowest BCUT2D eigenvalue weighted by molar-refractivity contribution is 0.0915. The molecule has 0 aliphatic rings. The minimum Gasteiger partial charge on any atom is -0.345 e. The minimum absolute atomic E-state index is 0.176. The van der Waals surface area contributed by atoms with Crippen molar-refractivity contribution < 1.29 is 9.18 Å². The summed E-state index contributed by atoms with van der Waals surface area (Å²) in [5.41, 5.74) is -0.330. The van der Waals surface area contributed by atoms with Gasteiger partial charge in [-0.25, -0.2) is 9.37 Å². The monoisotopic (exact) mass is 230 g/mol. The largest absolute Gasteiger partial charge is 0.345 e. The quantitative estimate of drug-likeness (QED) is 0.807. The van der Waals surface area contributed by atoms with Gasteiger partial charge >= 0.3 is 0 Å². The highest BCUT2D eigenvalue weighted by molar-refractivity contribution is 6.18. The number of nitrogens with one attached hydrogen (secondary N) is 1. The second kappa shape index (κ2) is 4.57. The molecule has 0 aliphatic heterocycles. The molecule has 0 atom stereocenters. The Morgan fingerprint density at radius 2 is 2.27 bits per heavy atom. The minimum atomic E-state index is -0.505. The zero-order valence-electron chi connectivity index (χ0n) is 8.55. The van der Waals surface area contributed by atoms with Gasteiger partial charge in [-0.3, -0.25) is 4.79 Å². The molecule has 1 aromatic rings. The second-order valence-corrected chi connectivity index (χ2v) is 4.10. The summed E-state index contributed by atoms with van der Waals surface area (Å²) in [6.07, 6.45) is 1.00. The molecule has 0 fully saturated rings. The topological polar surface area (TPSA) is 42.0 Å². The summed E-state index contributed by atoms with van der Waals surface area (Å²) in [5.74, 6) is -0.538. The van der Waals surface area contributed by atoms with Crippen LogP contribution in [-0.4, -0.2) is 22.3 Å². The predicted molar refractivity (Wildman–Crippen MR) is 56.5 cm³/mol. The predicted octanol–water partition coefficient (Wildman–Crippen LogP) is 1.97. The molecule has 1 N–H and O–H groups in total. The first-order chi connectivity index (χ1) is 6.94. The molecule has 3 nitrogen and oxygen atoms in total. The van der Waals surface area contributed by atoms with E-state index in [-0.39, 0.29) is 11.6 Å². The van der Waals surface area contributed by atoms with Gasteiger partial charge in [-0.05, 0) is 26.0 Å². The lowest BCUT2D eigenvalue weighted by Gasteiger charge is -2.22. The molecule has 0 saturated heterocycles. The van der Waals surface area contributed by atoms with Crippen LogP contribution in [0.15, 0.2) is 18.3 Å². The summed E-state index contributed by atoms with van der Waals surface area (Å²) in [6.45, 7) is 3.59. The third-order valence-corrected chi connectivity index (χ3v) is 2.41. The van der Waals surface area contributed by atoms with E-state index >= 15 is 0 Å². The van der Waals surface area contributed by atoms with Gasteiger partial charge in [0.05, 0.1) is 6.20 Å². The maximum absolute atomic E-state index is 12.5. The Labute approximate surface area is 92.7 Å². The molecule has 1 aromatic heterocycles. The first-order valence-electron chi connectivity index (χ1n) is 4.45. The summed E-state index contributed by atoms with van der Waals surface area (Å²) >= 11 is 5.65. The van der Waals surface area contributed by atoms with Gasteiger partial charge in [0.1, 0.15) is 11.5 Å². The van der Waals surface area contributed by atoms with Gasteiger partial charge in [0.15, 0.2) is 0 Å². The molecule has 5 heteroatoms. The van der Waals surface area contributed by atoms with Crippen molar-refractivity contribution in [2.45, 2.75) is 19.4 Å². The van der Waals surface area contributed by atoms with E-state index < -0.39 is 11.4 Å². The lowest BCUT2D eigenvalue weighted by Crippen LogP contribution is -2.45. The molecule has 1 heterocycles. The van der Waals surface area contributed by atoms with E-state index in [1.165, 1.54) is 12.1 Å². The average molecular weight is 231 g/mol. The van der Waals surface area contributed by atoms with Crippen LogP contribution >= 0.6 is 11.6 Å². The molecular weight excluding hydrogens is 219 g/mol. The molecular formula is C10H12ClFN2O. The van der Waals surface area contributed by atoms with Gasteiger partial charge in [-0.2, -0.15) is 0 Å². The zero-order valence-corrected chi connectivity index (χ0v) is 9.31. The Kier molecular flexibility index (Phi) is 3.63. The first kappa shape index (κ1) is 11.9. The average Bonchev–Trinajstić information content (AvgIpc) is 2.18. The molecule has 0 aliphatic carbocycles. The van der Waals surface area contributed by atoms with Crippen LogP contribution in [0.5, 0.6) is 0 Å². The second-order valence-electron chi connectivity index (χ2n) is 3.83. The SMILES string of the molecule is CC(C)(CCl)NC(=O)c1ccc(F)cn1. The smallest absolute Gasteiger partial charge is 0.270 e. The maximum atomic E-state index is 12.5. The molecule has 82 valence electrons. The van der Waals surface area contributed by atoms with Gasteiger partial charge in [-0.1, -0.05) is 0 Å². The fourth-order valence-corrected chi connectivity index (χ4v) is 0.982. The van der Waals surface area contributed by atoms with Crippen LogP contribution in [0.3, 0.4) is 0 Å². The molecule has 0 radical (unpaired) electrons. The summed E-state index contributed by atoms with van der Waals surface area (Å²) in [6, 6.07) is 2.52. The van der Waals surface area contributed by atoms with Crippen LogP contribution in [0.1, 0.15) is 24.3 Å². The van der Waals surface area contributed by atoms with Crippen molar-refractivity contribution >= 4 is 17.5 Å². The number of carbonyl (C=O) groups excluding carboxylic acids is 1. The van der Waals surface area contributed by atoms with Crippen LogP contribution in [0.25, 0.3) is 0 Å². The van der Waals surface area contributed by atoms with Gasteiger partial charge in [0.2, 0.25) is 0 Å². The Morgan fingerprint density at radius 1 is 1.60 bits per heavy atom. The molecule has 15 heavy (non-hydrogen) atoms. The van der Waals surface area contributed by atoms with Crippen LogP contribution in [0, 0.1) is 5.82 Å². The lowest BCUT2D eigenvalue weighted by atomic mass is 10.1. The normalized spacial score (nSPS) is 11.2. The Balaban J connectivity index is 2.74. The third-order valence-electron chi connectivity index (χ3n) is 1.75. The Bertz CT molecular complexity index is 351. The van der Waals surface area contributed by atoms with Crippen LogP contribution in [0.4, 0.5) is 4.39 Å². The molecule has 0 spiro atoms. The van der Waals surface area contributed by atoms with Crippen molar-refractivity contribution in [2.24, 2.45) is 0 Å². The molecule has 0 unspecified atom stereocenters. The highest BCUT2D eigenvalue weighted by Gasteiger charge is 2.20. The van der Waals surface area contributed by atoms with Crippen molar-refractivity contribution in [3.63, 3.8) is 0 Å². The summed E-state index contributed by atoms with van der Waals surface area (Å²) in [4.78, 5) is 15.2. The Hall–Kier alpha value is -1.16. The van der Waals surface area contributed by atoms with Crippen molar-refractivity contribution in [3.05, 3.63) is 29.8 Å².